The van der Waals surface area contributed by atoms with Crippen molar-refractivity contribution in [2.45, 2.75) is 38.7 Å². The lowest BCUT2D eigenvalue weighted by Gasteiger charge is -2.23. The number of hydrogen-bond donors (Lipinski definition) is 1. The van der Waals surface area contributed by atoms with Gasteiger partial charge in [-0.15, -0.1) is 12.4 Å². The predicted molar refractivity (Wildman–Crippen MR) is 81.9 cm³/mol. The number of halogens is 1. The summed E-state index contributed by atoms with van der Waals surface area (Å²) in [5, 5.41) is 8.57. The lowest BCUT2D eigenvalue weighted by molar-refractivity contribution is 0.162. The molecule has 0 aliphatic carbocycles. The summed E-state index contributed by atoms with van der Waals surface area (Å²) in [6, 6.07) is 6.03. The number of benzene rings is 1. The van der Waals surface area contributed by atoms with Gasteiger partial charge in [-0.25, -0.2) is 0 Å². The summed E-state index contributed by atoms with van der Waals surface area (Å²) in [4.78, 5) is 0. The topological polar surface area (TPSA) is 47.3 Å². The fraction of sp³-hybridized carbons (Fsp3) is 0.533. The van der Waals surface area contributed by atoms with Crippen molar-refractivity contribution in [2.24, 2.45) is 0 Å². The molecule has 20 heavy (non-hydrogen) atoms. The molecule has 0 atom stereocenters. The van der Waals surface area contributed by atoms with Gasteiger partial charge in [-0.3, -0.25) is 0 Å². The minimum atomic E-state index is 0. The molecule has 1 aliphatic rings. The van der Waals surface area contributed by atoms with E-state index >= 15 is 0 Å². The molecule has 0 saturated carbocycles. The number of aromatic nitrogens is 1. The van der Waals surface area contributed by atoms with E-state index in [0.29, 0.717) is 12.0 Å². The molecule has 0 amide bonds. The highest BCUT2D eigenvalue weighted by Gasteiger charge is 2.16. The van der Waals surface area contributed by atoms with Crippen LogP contribution in [0, 0.1) is 0 Å². The molecule has 0 radical (unpaired) electrons. The van der Waals surface area contributed by atoms with Crippen LogP contribution >= 0.6 is 12.4 Å². The molecule has 1 aliphatic heterocycles. The highest BCUT2D eigenvalue weighted by atomic mass is 35.5. The maximum Gasteiger partial charge on any atom is 0.170 e. The number of nitrogens with zero attached hydrogens (tertiary/aromatic N) is 1. The number of ether oxygens (including phenoxy) is 1. The Hall–Kier alpha value is -1.26. The minimum absolute atomic E-state index is 0. The van der Waals surface area contributed by atoms with Crippen LogP contribution in [0.2, 0.25) is 0 Å². The fourth-order valence-electron chi connectivity index (χ4n) is 2.53. The number of fused-ring (bicyclic) bond motifs is 1. The molecule has 3 rings (SSSR count). The summed E-state index contributed by atoms with van der Waals surface area (Å²) in [6.07, 6.45) is 2.43. The van der Waals surface area contributed by atoms with Crippen molar-refractivity contribution in [2.75, 3.05) is 13.1 Å². The predicted octanol–water partition coefficient (Wildman–Crippen LogP) is 3.50. The maximum absolute atomic E-state index is 6.01. The van der Waals surface area contributed by atoms with E-state index in [2.05, 4.69) is 30.4 Å². The van der Waals surface area contributed by atoms with E-state index in [-0.39, 0.29) is 12.4 Å². The average molecular weight is 297 g/mol. The molecule has 0 unspecified atom stereocenters. The maximum atomic E-state index is 6.01. The van der Waals surface area contributed by atoms with Crippen LogP contribution in [0.15, 0.2) is 22.7 Å². The minimum Gasteiger partial charge on any atom is -0.490 e. The zero-order chi connectivity index (χ0) is 13.2. The second kappa shape index (κ2) is 6.46. The third kappa shape index (κ3) is 3.07. The molecule has 1 aromatic heterocycles. The molecule has 2 heterocycles. The molecular weight excluding hydrogens is 276 g/mol. The number of rotatable bonds is 3. The second-order valence-corrected chi connectivity index (χ2v) is 5.45. The summed E-state index contributed by atoms with van der Waals surface area (Å²) in [6.45, 7) is 6.31. The zero-order valence-corrected chi connectivity index (χ0v) is 12.7. The van der Waals surface area contributed by atoms with E-state index in [1.165, 1.54) is 0 Å². The highest BCUT2D eigenvalue weighted by molar-refractivity contribution is 5.85. The monoisotopic (exact) mass is 296 g/mol. The standard InChI is InChI=1S/C15H20N2O2.ClH/c1-10(2)15-13-4-3-12(9-14(13)19-17-15)18-11-5-7-16-8-6-11;/h3-4,9-11,16H,5-8H2,1-2H3;1H. The molecule has 1 aromatic carbocycles. The zero-order valence-electron chi connectivity index (χ0n) is 11.9. The molecule has 110 valence electrons. The Morgan fingerprint density at radius 3 is 2.75 bits per heavy atom. The van der Waals surface area contributed by atoms with Crippen molar-refractivity contribution in [3.05, 3.63) is 23.9 Å². The van der Waals surface area contributed by atoms with Gasteiger partial charge >= 0.3 is 0 Å². The van der Waals surface area contributed by atoms with Crippen molar-refractivity contribution in [3.63, 3.8) is 0 Å². The van der Waals surface area contributed by atoms with Gasteiger partial charge in [0, 0.05) is 11.5 Å². The molecule has 1 saturated heterocycles. The molecule has 4 nitrogen and oxygen atoms in total. The fourth-order valence-corrected chi connectivity index (χ4v) is 2.53. The van der Waals surface area contributed by atoms with E-state index in [0.717, 1.165) is 48.3 Å². The third-order valence-corrected chi connectivity index (χ3v) is 3.61. The molecule has 1 fully saturated rings. The Morgan fingerprint density at radius 1 is 1.30 bits per heavy atom. The molecule has 1 N–H and O–H groups in total. The Labute approximate surface area is 125 Å². The molecule has 5 heteroatoms. The van der Waals surface area contributed by atoms with Crippen LogP contribution in [0.1, 0.15) is 38.3 Å². The van der Waals surface area contributed by atoms with Crippen LogP contribution in [-0.2, 0) is 0 Å². The van der Waals surface area contributed by atoms with Crippen LogP contribution in [0.5, 0.6) is 5.75 Å². The summed E-state index contributed by atoms with van der Waals surface area (Å²) in [5.41, 5.74) is 1.83. The first-order valence-electron chi connectivity index (χ1n) is 7.01. The van der Waals surface area contributed by atoms with Crippen molar-refractivity contribution < 1.29 is 9.26 Å². The van der Waals surface area contributed by atoms with Crippen molar-refractivity contribution in [3.8, 4) is 5.75 Å². The van der Waals surface area contributed by atoms with Gasteiger partial charge in [-0.1, -0.05) is 19.0 Å². The van der Waals surface area contributed by atoms with E-state index in [1.54, 1.807) is 0 Å². The van der Waals surface area contributed by atoms with Gasteiger partial charge in [0.05, 0.1) is 5.69 Å². The summed E-state index contributed by atoms with van der Waals surface area (Å²) in [5.74, 6) is 1.25. The Morgan fingerprint density at radius 2 is 2.05 bits per heavy atom. The van der Waals surface area contributed by atoms with Crippen LogP contribution in [0.25, 0.3) is 11.0 Å². The first-order valence-corrected chi connectivity index (χ1v) is 7.01. The molecule has 0 bridgehead atoms. The second-order valence-electron chi connectivity index (χ2n) is 5.45. The smallest absolute Gasteiger partial charge is 0.170 e. The van der Waals surface area contributed by atoms with E-state index in [4.69, 9.17) is 9.26 Å². The van der Waals surface area contributed by atoms with Crippen LogP contribution in [0.3, 0.4) is 0 Å². The highest BCUT2D eigenvalue weighted by Crippen LogP contribution is 2.28. The lowest BCUT2D eigenvalue weighted by Crippen LogP contribution is -2.34. The average Bonchev–Trinajstić information content (AvgIpc) is 2.83. The van der Waals surface area contributed by atoms with Gasteiger partial charge in [0.25, 0.3) is 0 Å². The van der Waals surface area contributed by atoms with Gasteiger partial charge in [0.1, 0.15) is 11.9 Å². The van der Waals surface area contributed by atoms with E-state index < -0.39 is 0 Å². The normalized spacial score (nSPS) is 16.4. The van der Waals surface area contributed by atoms with Gasteiger partial charge in [-0.2, -0.15) is 0 Å². The van der Waals surface area contributed by atoms with Gasteiger partial charge in [0.2, 0.25) is 0 Å². The lowest BCUT2D eigenvalue weighted by atomic mass is 10.1. The molecule has 0 spiro atoms. The summed E-state index contributed by atoms with van der Waals surface area (Å²) in [7, 11) is 0. The van der Waals surface area contributed by atoms with Gasteiger partial charge < -0.3 is 14.6 Å². The Balaban J connectivity index is 0.00000147. The third-order valence-electron chi connectivity index (χ3n) is 3.61. The van der Waals surface area contributed by atoms with Crippen molar-refractivity contribution in [1.82, 2.24) is 10.5 Å². The summed E-state index contributed by atoms with van der Waals surface area (Å²) < 4.78 is 11.4. The van der Waals surface area contributed by atoms with Crippen LogP contribution in [-0.4, -0.2) is 24.4 Å². The van der Waals surface area contributed by atoms with E-state index in [9.17, 15) is 0 Å². The first-order chi connectivity index (χ1) is 9.24. The molecule has 2 aromatic rings. The summed E-state index contributed by atoms with van der Waals surface area (Å²) >= 11 is 0. The number of piperidine rings is 1. The van der Waals surface area contributed by atoms with Crippen molar-refractivity contribution >= 4 is 23.4 Å². The SMILES string of the molecule is CC(C)c1noc2cc(OC3CCNCC3)ccc12.Cl. The first kappa shape index (κ1) is 15.1. The van der Waals surface area contributed by atoms with Gasteiger partial charge in [0.15, 0.2) is 5.58 Å². The van der Waals surface area contributed by atoms with Gasteiger partial charge in [-0.05, 0) is 44.0 Å². The quantitative estimate of drug-likeness (QED) is 0.941. The Kier molecular flexibility index (Phi) is 4.89. The van der Waals surface area contributed by atoms with Crippen molar-refractivity contribution in [1.29, 1.82) is 0 Å². The van der Waals surface area contributed by atoms with Crippen LogP contribution in [0.4, 0.5) is 0 Å². The largest absolute Gasteiger partial charge is 0.490 e. The molecular formula is C15H21ClN2O2. The Bertz CT molecular complexity index is 562. The van der Waals surface area contributed by atoms with Crippen LogP contribution < -0.4 is 10.1 Å². The van der Waals surface area contributed by atoms with E-state index in [1.807, 2.05) is 12.1 Å². The number of hydrogen-bond acceptors (Lipinski definition) is 4. The number of nitrogens with one attached hydrogen (secondary N) is 1.